The van der Waals surface area contributed by atoms with Gasteiger partial charge in [0.1, 0.15) is 5.82 Å². The van der Waals surface area contributed by atoms with Crippen molar-refractivity contribution in [2.75, 3.05) is 5.32 Å². The molecule has 0 aliphatic carbocycles. The molecule has 0 saturated carbocycles. The number of anilines is 1. The van der Waals surface area contributed by atoms with Gasteiger partial charge in [-0.1, -0.05) is 61.2 Å². The summed E-state index contributed by atoms with van der Waals surface area (Å²) in [6.07, 6.45) is 1.70. The van der Waals surface area contributed by atoms with E-state index in [9.17, 15) is 4.79 Å². The summed E-state index contributed by atoms with van der Waals surface area (Å²) in [7, 11) is 1.94. The lowest BCUT2D eigenvalue weighted by atomic mass is 10.1. The van der Waals surface area contributed by atoms with Crippen LogP contribution in [0.1, 0.15) is 30.8 Å². The Bertz CT molecular complexity index is 890. The van der Waals surface area contributed by atoms with Crippen molar-refractivity contribution < 1.29 is 4.79 Å². The number of benzene rings is 2. The fraction of sp³-hybridized carbons (Fsp3) is 0.286. The van der Waals surface area contributed by atoms with E-state index in [1.54, 1.807) is 0 Å². The van der Waals surface area contributed by atoms with E-state index in [-0.39, 0.29) is 11.2 Å². The lowest BCUT2D eigenvalue weighted by Crippen LogP contribution is -2.22. The number of carbonyl (C=O) groups excluding carboxylic acids is 1. The number of rotatable bonds is 7. The smallest absolute Gasteiger partial charge is 0.237 e. The number of carbonyl (C=O) groups is 1. The maximum atomic E-state index is 12.5. The Hall–Kier alpha value is -2.60. The normalized spacial score (nSPS) is 12.0. The molecular formula is C21H24N4OS. The van der Waals surface area contributed by atoms with Gasteiger partial charge in [0.05, 0.1) is 5.25 Å². The molecule has 27 heavy (non-hydrogen) atoms. The number of nitrogens with zero attached hydrogens (tertiary/aromatic N) is 3. The van der Waals surface area contributed by atoms with Gasteiger partial charge in [0.15, 0.2) is 5.16 Å². The molecule has 0 aliphatic heterocycles. The van der Waals surface area contributed by atoms with Crippen molar-refractivity contribution in [1.82, 2.24) is 14.8 Å². The first-order chi connectivity index (χ1) is 13.1. The first kappa shape index (κ1) is 19.2. The van der Waals surface area contributed by atoms with Gasteiger partial charge < -0.3 is 9.88 Å². The first-order valence-corrected chi connectivity index (χ1v) is 9.93. The fourth-order valence-corrected chi connectivity index (χ4v) is 3.49. The second kappa shape index (κ2) is 8.86. The Morgan fingerprint density at radius 3 is 2.44 bits per heavy atom. The van der Waals surface area contributed by atoms with Crippen molar-refractivity contribution >= 4 is 23.4 Å². The van der Waals surface area contributed by atoms with Gasteiger partial charge in [-0.2, -0.15) is 0 Å². The summed E-state index contributed by atoms with van der Waals surface area (Å²) in [6.45, 7) is 3.99. The summed E-state index contributed by atoms with van der Waals surface area (Å²) in [6, 6.07) is 18.1. The number of amides is 1. The third-order valence-electron chi connectivity index (χ3n) is 4.41. The van der Waals surface area contributed by atoms with Gasteiger partial charge in [0.2, 0.25) is 5.91 Å². The Morgan fingerprint density at radius 1 is 1.07 bits per heavy atom. The maximum Gasteiger partial charge on any atom is 0.237 e. The highest BCUT2D eigenvalue weighted by molar-refractivity contribution is 8.00. The summed E-state index contributed by atoms with van der Waals surface area (Å²) in [4.78, 5) is 12.5. The predicted molar refractivity (Wildman–Crippen MR) is 110 cm³/mol. The Labute approximate surface area is 164 Å². The van der Waals surface area contributed by atoms with Crippen LogP contribution < -0.4 is 5.32 Å². The average molecular weight is 381 g/mol. The molecule has 1 aromatic heterocycles. The standard InChI is InChI=1S/C21H24N4OS/c1-4-16-10-12-18(13-11-16)22-20(26)15(2)27-21-24-23-19(25(21)3)14-17-8-6-5-7-9-17/h5-13,15H,4,14H2,1-3H3,(H,22,26)/t15-/m0/s1. The maximum absolute atomic E-state index is 12.5. The molecule has 0 bridgehead atoms. The van der Waals surface area contributed by atoms with Gasteiger partial charge in [-0.25, -0.2) is 0 Å². The molecule has 3 aromatic rings. The quantitative estimate of drug-likeness (QED) is 0.627. The molecule has 0 unspecified atom stereocenters. The summed E-state index contributed by atoms with van der Waals surface area (Å²) < 4.78 is 1.96. The highest BCUT2D eigenvalue weighted by Gasteiger charge is 2.19. The number of aromatic nitrogens is 3. The second-order valence-corrected chi connectivity index (χ2v) is 7.73. The van der Waals surface area contributed by atoms with E-state index in [1.807, 2.05) is 61.0 Å². The van der Waals surface area contributed by atoms with Crippen LogP contribution in [-0.2, 0) is 24.7 Å². The summed E-state index contributed by atoms with van der Waals surface area (Å²) in [5.41, 5.74) is 3.25. The topological polar surface area (TPSA) is 59.8 Å². The number of nitrogens with one attached hydrogen (secondary N) is 1. The van der Waals surface area contributed by atoms with Crippen LogP contribution in [0.5, 0.6) is 0 Å². The lowest BCUT2D eigenvalue weighted by molar-refractivity contribution is -0.115. The van der Waals surface area contributed by atoms with E-state index in [0.717, 1.165) is 29.5 Å². The number of thioether (sulfide) groups is 1. The Morgan fingerprint density at radius 2 is 1.78 bits per heavy atom. The zero-order valence-electron chi connectivity index (χ0n) is 15.8. The van der Waals surface area contributed by atoms with E-state index < -0.39 is 0 Å². The van der Waals surface area contributed by atoms with Gasteiger partial charge in [0.25, 0.3) is 0 Å². The molecule has 140 valence electrons. The zero-order valence-corrected chi connectivity index (χ0v) is 16.7. The Kier molecular flexibility index (Phi) is 6.29. The molecule has 1 heterocycles. The van der Waals surface area contributed by atoms with E-state index in [0.29, 0.717) is 0 Å². The van der Waals surface area contributed by atoms with Crippen molar-refractivity contribution in [2.45, 2.75) is 37.1 Å². The van der Waals surface area contributed by atoms with Crippen LogP contribution in [0.15, 0.2) is 59.8 Å². The van der Waals surface area contributed by atoms with Gasteiger partial charge >= 0.3 is 0 Å². The van der Waals surface area contributed by atoms with Crippen molar-refractivity contribution in [3.63, 3.8) is 0 Å². The van der Waals surface area contributed by atoms with E-state index in [4.69, 9.17) is 0 Å². The van der Waals surface area contributed by atoms with Gasteiger partial charge in [-0.3, -0.25) is 4.79 Å². The van der Waals surface area contributed by atoms with Crippen LogP contribution in [0.3, 0.4) is 0 Å². The molecule has 0 fully saturated rings. The van der Waals surface area contributed by atoms with Crippen LogP contribution >= 0.6 is 11.8 Å². The summed E-state index contributed by atoms with van der Waals surface area (Å²) in [5, 5.41) is 12.0. The highest BCUT2D eigenvalue weighted by Crippen LogP contribution is 2.23. The van der Waals surface area contributed by atoms with Crippen molar-refractivity contribution in [3.05, 3.63) is 71.5 Å². The van der Waals surface area contributed by atoms with E-state index >= 15 is 0 Å². The van der Waals surface area contributed by atoms with Crippen molar-refractivity contribution in [2.24, 2.45) is 7.05 Å². The molecule has 0 radical (unpaired) electrons. The molecule has 0 spiro atoms. The minimum Gasteiger partial charge on any atom is -0.325 e. The summed E-state index contributed by atoms with van der Waals surface area (Å²) >= 11 is 1.41. The molecule has 5 nitrogen and oxygen atoms in total. The zero-order chi connectivity index (χ0) is 19.2. The van der Waals surface area contributed by atoms with Crippen molar-refractivity contribution in [1.29, 1.82) is 0 Å². The fourth-order valence-electron chi connectivity index (χ4n) is 2.66. The minimum atomic E-state index is -0.275. The molecule has 2 aromatic carbocycles. The number of aryl methyl sites for hydroxylation is 1. The van der Waals surface area contributed by atoms with Gasteiger partial charge in [-0.05, 0) is 36.6 Å². The van der Waals surface area contributed by atoms with Crippen LogP contribution in [0, 0.1) is 0 Å². The monoisotopic (exact) mass is 380 g/mol. The number of hydrogen-bond acceptors (Lipinski definition) is 4. The van der Waals surface area contributed by atoms with Crippen LogP contribution in [0.4, 0.5) is 5.69 Å². The third-order valence-corrected chi connectivity index (χ3v) is 5.55. The second-order valence-electron chi connectivity index (χ2n) is 6.42. The first-order valence-electron chi connectivity index (χ1n) is 9.05. The van der Waals surface area contributed by atoms with Gasteiger partial charge in [0, 0.05) is 19.2 Å². The lowest BCUT2D eigenvalue weighted by Gasteiger charge is -2.12. The molecule has 0 aliphatic rings. The third kappa shape index (κ3) is 4.98. The Balaban J connectivity index is 1.61. The highest BCUT2D eigenvalue weighted by atomic mass is 32.2. The van der Waals surface area contributed by atoms with Crippen molar-refractivity contribution in [3.8, 4) is 0 Å². The average Bonchev–Trinajstić information content (AvgIpc) is 3.03. The van der Waals surface area contributed by atoms with E-state index in [1.165, 1.54) is 22.9 Å². The minimum absolute atomic E-state index is 0.0446. The van der Waals surface area contributed by atoms with Crippen LogP contribution in [0.25, 0.3) is 0 Å². The molecule has 1 atom stereocenters. The predicted octanol–water partition coefficient (Wildman–Crippen LogP) is 4.09. The number of hydrogen-bond donors (Lipinski definition) is 1. The van der Waals surface area contributed by atoms with Crippen LogP contribution in [0.2, 0.25) is 0 Å². The molecule has 6 heteroatoms. The molecule has 1 amide bonds. The van der Waals surface area contributed by atoms with Gasteiger partial charge in [-0.15, -0.1) is 10.2 Å². The van der Waals surface area contributed by atoms with Crippen LogP contribution in [-0.4, -0.2) is 25.9 Å². The molecule has 0 saturated heterocycles. The largest absolute Gasteiger partial charge is 0.325 e. The SMILES string of the molecule is CCc1ccc(NC(=O)[C@H](C)Sc2nnc(Cc3ccccc3)n2C)cc1. The van der Waals surface area contributed by atoms with E-state index in [2.05, 4.69) is 34.6 Å². The molecule has 3 rings (SSSR count). The molecule has 1 N–H and O–H groups in total. The summed E-state index contributed by atoms with van der Waals surface area (Å²) in [5.74, 6) is 0.836. The molecular weight excluding hydrogens is 356 g/mol.